The predicted octanol–water partition coefficient (Wildman–Crippen LogP) is 2.03. The minimum Gasteiger partial charge on any atom is -0.449 e. The highest BCUT2D eigenvalue weighted by molar-refractivity contribution is 6.17. The van der Waals surface area contributed by atoms with E-state index in [0.29, 0.717) is 0 Å². The zero-order valence-electron chi connectivity index (χ0n) is 10.0. The Morgan fingerprint density at radius 2 is 1.94 bits per heavy atom. The van der Waals surface area contributed by atoms with Gasteiger partial charge >= 0.3 is 12.1 Å². The summed E-state index contributed by atoms with van der Waals surface area (Å²) in [5.74, 6) is -0.460. The smallest absolute Gasteiger partial charge is 0.407 e. The second kappa shape index (κ2) is 6.58. The van der Waals surface area contributed by atoms with Gasteiger partial charge in [-0.05, 0) is 27.7 Å². The standard InChI is InChI=1S/C10H18ClNO4/c1-7(5-8(13)15-6-11)12-9(14)16-10(2,3)4/h7H,5-6H2,1-4H3,(H,12,14)/t7-/m1/s1. The molecule has 0 aliphatic rings. The van der Waals surface area contributed by atoms with Crippen LogP contribution in [0.2, 0.25) is 0 Å². The molecule has 1 atom stereocenters. The van der Waals surface area contributed by atoms with Crippen molar-refractivity contribution in [2.24, 2.45) is 0 Å². The zero-order valence-corrected chi connectivity index (χ0v) is 10.8. The first-order valence-electron chi connectivity index (χ1n) is 4.95. The van der Waals surface area contributed by atoms with Crippen LogP contribution in [0.3, 0.4) is 0 Å². The zero-order chi connectivity index (χ0) is 12.8. The van der Waals surface area contributed by atoms with E-state index in [4.69, 9.17) is 16.3 Å². The largest absolute Gasteiger partial charge is 0.449 e. The van der Waals surface area contributed by atoms with E-state index in [0.717, 1.165) is 0 Å². The molecular formula is C10H18ClNO4. The lowest BCUT2D eigenvalue weighted by atomic mass is 10.2. The number of carbonyl (C=O) groups is 2. The summed E-state index contributed by atoms with van der Waals surface area (Å²) in [4.78, 5) is 22.3. The Labute approximate surface area is 100 Å². The molecule has 0 aliphatic heterocycles. The number of rotatable bonds is 4. The van der Waals surface area contributed by atoms with Gasteiger partial charge in [0, 0.05) is 6.04 Å². The summed E-state index contributed by atoms with van der Waals surface area (Å²) in [6, 6.07) is -0.539. The van der Waals surface area contributed by atoms with E-state index in [1.165, 1.54) is 0 Å². The molecule has 0 aromatic rings. The second-order valence-electron chi connectivity index (χ2n) is 4.38. The van der Waals surface area contributed by atoms with Crippen molar-refractivity contribution >= 4 is 23.7 Å². The Morgan fingerprint density at radius 1 is 1.38 bits per heavy atom. The number of ether oxygens (including phenoxy) is 2. The number of alkyl halides is 1. The van der Waals surface area contributed by atoms with Crippen molar-refractivity contribution in [3.8, 4) is 0 Å². The summed E-state index contributed by atoms with van der Waals surface area (Å²) in [6.07, 6.45) is -0.495. The van der Waals surface area contributed by atoms with Crippen LogP contribution in [0.5, 0.6) is 0 Å². The van der Waals surface area contributed by atoms with E-state index < -0.39 is 17.7 Å². The Bertz CT molecular complexity index is 250. The third kappa shape index (κ3) is 8.35. The molecule has 0 aromatic heterocycles. The van der Waals surface area contributed by atoms with Gasteiger partial charge < -0.3 is 14.8 Å². The SMILES string of the molecule is C[C@H](CC(=O)OCCl)NC(=O)OC(C)(C)C. The molecule has 0 spiro atoms. The first kappa shape index (κ1) is 15.0. The molecule has 0 radical (unpaired) electrons. The summed E-state index contributed by atoms with van der Waals surface area (Å²) in [7, 11) is 0. The normalized spacial score (nSPS) is 12.8. The minimum atomic E-state index is -0.557. The summed E-state index contributed by atoms with van der Waals surface area (Å²) in [6.45, 7) is 6.97. The molecule has 1 amide bonds. The van der Waals surface area contributed by atoms with Crippen molar-refractivity contribution in [2.75, 3.05) is 6.07 Å². The molecule has 0 saturated carbocycles. The molecule has 5 nitrogen and oxygen atoms in total. The van der Waals surface area contributed by atoms with Crippen molar-refractivity contribution in [1.29, 1.82) is 0 Å². The van der Waals surface area contributed by atoms with E-state index in [1.54, 1.807) is 27.7 Å². The lowest BCUT2D eigenvalue weighted by Gasteiger charge is -2.21. The highest BCUT2D eigenvalue weighted by Gasteiger charge is 2.19. The molecule has 1 N–H and O–H groups in total. The van der Waals surface area contributed by atoms with E-state index in [9.17, 15) is 9.59 Å². The van der Waals surface area contributed by atoms with Gasteiger partial charge in [-0.2, -0.15) is 0 Å². The molecule has 0 fully saturated rings. The van der Waals surface area contributed by atoms with Gasteiger partial charge in [0.2, 0.25) is 0 Å². The molecule has 0 heterocycles. The van der Waals surface area contributed by atoms with Gasteiger partial charge in [0.15, 0.2) is 6.07 Å². The molecule has 16 heavy (non-hydrogen) atoms. The highest BCUT2D eigenvalue weighted by Crippen LogP contribution is 2.07. The number of hydrogen-bond acceptors (Lipinski definition) is 4. The lowest BCUT2D eigenvalue weighted by Crippen LogP contribution is -2.38. The third-order valence-corrected chi connectivity index (χ3v) is 1.56. The molecule has 0 unspecified atom stereocenters. The first-order valence-corrected chi connectivity index (χ1v) is 5.49. The number of nitrogens with one attached hydrogen (secondary N) is 1. The van der Waals surface area contributed by atoms with Crippen LogP contribution in [0, 0.1) is 0 Å². The fraction of sp³-hybridized carbons (Fsp3) is 0.800. The average Bonchev–Trinajstić information content (AvgIpc) is 1.98. The number of hydrogen-bond donors (Lipinski definition) is 1. The van der Waals surface area contributed by atoms with E-state index in [2.05, 4.69) is 10.1 Å². The number of carbonyl (C=O) groups excluding carboxylic acids is 2. The van der Waals surface area contributed by atoms with Crippen LogP contribution in [0.4, 0.5) is 4.79 Å². The first-order chi connectivity index (χ1) is 7.24. The van der Waals surface area contributed by atoms with Gasteiger partial charge in [-0.25, -0.2) is 4.79 Å². The van der Waals surface area contributed by atoms with Crippen LogP contribution in [0.1, 0.15) is 34.1 Å². The fourth-order valence-corrected chi connectivity index (χ4v) is 1.05. The maximum Gasteiger partial charge on any atom is 0.407 e. The van der Waals surface area contributed by atoms with Crippen LogP contribution in [-0.4, -0.2) is 29.8 Å². The van der Waals surface area contributed by atoms with E-state index in [-0.39, 0.29) is 18.5 Å². The summed E-state index contributed by atoms with van der Waals surface area (Å²) in [5.41, 5.74) is -0.555. The Hall–Kier alpha value is -0.970. The average molecular weight is 252 g/mol. The van der Waals surface area contributed by atoms with Gasteiger partial charge in [0.05, 0.1) is 6.42 Å². The number of alkyl carbamates (subject to hydrolysis) is 1. The number of halogens is 1. The second-order valence-corrected chi connectivity index (χ2v) is 4.60. The van der Waals surface area contributed by atoms with Crippen molar-refractivity contribution in [3.05, 3.63) is 0 Å². The Kier molecular flexibility index (Phi) is 6.18. The van der Waals surface area contributed by atoms with Gasteiger partial charge in [0.1, 0.15) is 5.60 Å². The van der Waals surface area contributed by atoms with Gasteiger partial charge in [0.25, 0.3) is 0 Å². The molecule has 0 bridgehead atoms. The summed E-state index contributed by atoms with van der Waals surface area (Å²) < 4.78 is 9.55. The summed E-state index contributed by atoms with van der Waals surface area (Å²) in [5, 5.41) is 2.52. The molecule has 0 aliphatic carbocycles. The quantitative estimate of drug-likeness (QED) is 0.613. The molecule has 0 rings (SSSR count). The topological polar surface area (TPSA) is 64.6 Å². The Balaban J connectivity index is 3.91. The molecule has 0 aromatic carbocycles. The van der Waals surface area contributed by atoms with Crippen LogP contribution < -0.4 is 5.32 Å². The summed E-state index contributed by atoms with van der Waals surface area (Å²) >= 11 is 5.22. The molecule has 6 heteroatoms. The predicted molar refractivity (Wildman–Crippen MR) is 60.3 cm³/mol. The van der Waals surface area contributed by atoms with Crippen LogP contribution in [0.25, 0.3) is 0 Å². The van der Waals surface area contributed by atoms with Gasteiger partial charge in [-0.1, -0.05) is 11.6 Å². The van der Waals surface area contributed by atoms with Gasteiger partial charge in [-0.3, -0.25) is 4.79 Å². The van der Waals surface area contributed by atoms with E-state index in [1.807, 2.05) is 0 Å². The van der Waals surface area contributed by atoms with Gasteiger partial charge in [-0.15, -0.1) is 0 Å². The number of amides is 1. The lowest BCUT2D eigenvalue weighted by molar-refractivity contribution is -0.142. The van der Waals surface area contributed by atoms with Crippen LogP contribution >= 0.6 is 11.6 Å². The van der Waals surface area contributed by atoms with E-state index >= 15 is 0 Å². The maximum atomic E-state index is 11.3. The highest BCUT2D eigenvalue weighted by atomic mass is 35.5. The maximum absolute atomic E-state index is 11.3. The van der Waals surface area contributed by atoms with Crippen molar-refractivity contribution in [3.63, 3.8) is 0 Å². The Morgan fingerprint density at radius 3 is 2.38 bits per heavy atom. The third-order valence-electron chi connectivity index (χ3n) is 1.45. The molecular weight excluding hydrogens is 234 g/mol. The molecule has 94 valence electrons. The monoisotopic (exact) mass is 251 g/mol. The van der Waals surface area contributed by atoms with Crippen molar-refractivity contribution in [2.45, 2.75) is 45.8 Å². The minimum absolute atomic E-state index is 0.0615. The number of esters is 1. The van der Waals surface area contributed by atoms with Crippen LogP contribution in [0.15, 0.2) is 0 Å². The fourth-order valence-electron chi connectivity index (χ4n) is 0.930. The van der Waals surface area contributed by atoms with Crippen molar-refractivity contribution in [1.82, 2.24) is 5.32 Å². The van der Waals surface area contributed by atoms with Crippen molar-refractivity contribution < 1.29 is 19.1 Å². The molecule has 0 saturated heterocycles. The van der Waals surface area contributed by atoms with Crippen LogP contribution in [-0.2, 0) is 14.3 Å².